The molecular weight excluding hydrogens is 146 g/mol. The van der Waals surface area contributed by atoms with Gasteiger partial charge in [-0.2, -0.15) is 0 Å². The third-order valence-corrected chi connectivity index (χ3v) is 1.51. The Morgan fingerprint density at radius 1 is 1.25 bits per heavy atom. The van der Waals surface area contributed by atoms with Gasteiger partial charge in [0.2, 0.25) is 0 Å². The molecule has 0 atom stereocenters. The Balaban J connectivity index is 2.51. The number of rotatable bonds is 2. The monoisotopic (exact) mass is 158 g/mol. The van der Waals surface area contributed by atoms with E-state index in [-0.39, 0.29) is 0 Å². The summed E-state index contributed by atoms with van der Waals surface area (Å²) in [7, 11) is 0. The molecule has 12 heavy (non-hydrogen) atoms. The van der Waals surface area contributed by atoms with Crippen molar-refractivity contribution < 1.29 is 0 Å². The molecule has 0 aliphatic heterocycles. The largest absolute Gasteiger partial charge is 0.369 e. The van der Waals surface area contributed by atoms with Crippen LogP contribution in [0.15, 0.2) is 24.3 Å². The maximum Gasteiger partial charge on any atom is 0.120 e. The van der Waals surface area contributed by atoms with Crippen LogP contribution < -0.4 is 5.32 Å². The Kier molecular flexibility index (Phi) is 3.22. The summed E-state index contributed by atoms with van der Waals surface area (Å²) in [4.78, 5) is 0. The second-order valence-electron chi connectivity index (χ2n) is 2.55. The molecule has 0 amide bonds. The summed E-state index contributed by atoms with van der Waals surface area (Å²) in [6.45, 7) is 5.62. The maximum absolute atomic E-state index is 3.07. The number of hydrogen-bond donors (Lipinski definition) is 1. The van der Waals surface area contributed by atoms with Crippen molar-refractivity contribution >= 4 is 5.69 Å². The SMILES string of the molecule is CC#C[CH]Nc1ccc(C)cc1. The van der Waals surface area contributed by atoms with E-state index in [1.807, 2.05) is 19.1 Å². The summed E-state index contributed by atoms with van der Waals surface area (Å²) < 4.78 is 0. The van der Waals surface area contributed by atoms with Crippen molar-refractivity contribution in [3.05, 3.63) is 36.4 Å². The molecule has 1 aromatic carbocycles. The number of aryl methyl sites for hydroxylation is 1. The normalized spacial score (nSPS) is 8.50. The highest BCUT2D eigenvalue weighted by atomic mass is 14.8. The van der Waals surface area contributed by atoms with Crippen LogP contribution in [0.3, 0.4) is 0 Å². The highest BCUT2D eigenvalue weighted by Crippen LogP contribution is 2.08. The van der Waals surface area contributed by atoms with Crippen molar-refractivity contribution in [2.75, 3.05) is 5.32 Å². The fourth-order valence-corrected chi connectivity index (χ4v) is 0.841. The van der Waals surface area contributed by atoms with E-state index in [1.165, 1.54) is 5.56 Å². The van der Waals surface area contributed by atoms with E-state index < -0.39 is 0 Å². The molecule has 0 bridgehead atoms. The minimum absolute atomic E-state index is 1.07. The third-order valence-electron chi connectivity index (χ3n) is 1.51. The van der Waals surface area contributed by atoms with E-state index in [9.17, 15) is 0 Å². The Labute approximate surface area is 73.8 Å². The summed E-state index contributed by atoms with van der Waals surface area (Å²) >= 11 is 0. The van der Waals surface area contributed by atoms with Crippen LogP contribution in [-0.4, -0.2) is 0 Å². The lowest BCUT2D eigenvalue weighted by Gasteiger charge is -2.00. The summed E-state index contributed by atoms with van der Waals surface area (Å²) in [6, 6.07) is 8.19. The Bertz CT molecular complexity index is 287. The number of nitrogens with one attached hydrogen (secondary N) is 1. The molecule has 0 aliphatic carbocycles. The van der Waals surface area contributed by atoms with E-state index >= 15 is 0 Å². The Hall–Kier alpha value is -1.42. The van der Waals surface area contributed by atoms with Gasteiger partial charge in [0.25, 0.3) is 0 Å². The molecule has 0 heterocycles. The lowest BCUT2D eigenvalue weighted by Crippen LogP contribution is -1.91. The molecule has 0 aliphatic rings. The van der Waals surface area contributed by atoms with Crippen LogP contribution in [0.2, 0.25) is 0 Å². The van der Waals surface area contributed by atoms with Crippen molar-refractivity contribution in [2.45, 2.75) is 13.8 Å². The smallest absolute Gasteiger partial charge is 0.120 e. The zero-order valence-electron chi connectivity index (χ0n) is 7.39. The molecule has 1 N–H and O–H groups in total. The van der Waals surface area contributed by atoms with Crippen LogP contribution >= 0.6 is 0 Å². The van der Waals surface area contributed by atoms with E-state index in [1.54, 1.807) is 6.54 Å². The molecule has 0 aromatic heterocycles. The van der Waals surface area contributed by atoms with Gasteiger partial charge in [0.15, 0.2) is 0 Å². The molecule has 1 aromatic rings. The molecule has 0 fully saturated rings. The molecule has 1 rings (SSSR count). The van der Waals surface area contributed by atoms with Crippen molar-refractivity contribution in [3.8, 4) is 11.8 Å². The van der Waals surface area contributed by atoms with E-state index in [0.29, 0.717) is 0 Å². The van der Waals surface area contributed by atoms with Crippen LogP contribution in [0.25, 0.3) is 0 Å². The topological polar surface area (TPSA) is 12.0 Å². The first-order valence-electron chi connectivity index (χ1n) is 3.90. The van der Waals surface area contributed by atoms with Crippen molar-refractivity contribution in [1.29, 1.82) is 0 Å². The van der Waals surface area contributed by atoms with Crippen molar-refractivity contribution in [1.82, 2.24) is 0 Å². The number of benzene rings is 1. The van der Waals surface area contributed by atoms with E-state index in [4.69, 9.17) is 0 Å². The number of hydrogen-bond acceptors (Lipinski definition) is 1. The van der Waals surface area contributed by atoms with Gasteiger partial charge in [-0.05, 0) is 26.0 Å². The predicted molar refractivity (Wildman–Crippen MR) is 52.6 cm³/mol. The van der Waals surface area contributed by atoms with Gasteiger partial charge in [-0.3, -0.25) is 0 Å². The van der Waals surface area contributed by atoms with Crippen LogP contribution in [0, 0.1) is 25.3 Å². The van der Waals surface area contributed by atoms with Gasteiger partial charge in [0.05, 0.1) is 0 Å². The summed E-state index contributed by atoms with van der Waals surface area (Å²) in [5, 5.41) is 3.07. The van der Waals surface area contributed by atoms with E-state index in [0.717, 1.165) is 5.69 Å². The lowest BCUT2D eigenvalue weighted by molar-refractivity contribution is 1.44. The van der Waals surface area contributed by atoms with Gasteiger partial charge in [-0.25, -0.2) is 0 Å². The molecule has 1 heteroatoms. The first kappa shape index (κ1) is 8.67. The minimum atomic E-state index is 1.07. The van der Waals surface area contributed by atoms with Crippen LogP contribution in [-0.2, 0) is 0 Å². The molecule has 0 saturated heterocycles. The second kappa shape index (κ2) is 4.46. The maximum atomic E-state index is 3.07. The third kappa shape index (κ3) is 2.67. The molecule has 0 saturated carbocycles. The quantitative estimate of drug-likeness (QED) is 0.652. The highest BCUT2D eigenvalue weighted by molar-refractivity contribution is 5.47. The van der Waals surface area contributed by atoms with Crippen LogP contribution in [0.4, 0.5) is 5.69 Å². The zero-order chi connectivity index (χ0) is 8.81. The number of anilines is 1. The van der Waals surface area contributed by atoms with Crippen molar-refractivity contribution in [2.24, 2.45) is 0 Å². The van der Waals surface area contributed by atoms with Gasteiger partial charge in [-0.15, -0.1) is 5.92 Å². The first-order chi connectivity index (χ1) is 5.83. The van der Waals surface area contributed by atoms with Gasteiger partial charge in [-0.1, -0.05) is 23.6 Å². The van der Waals surface area contributed by atoms with Gasteiger partial charge >= 0.3 is 0 Å². The molecule has 61 valence electrons. The van der Waals surface area contributed by atoms with Gasteiger partial charge in [0, 0.05) is 5.69 Å². The average molecular weight is 158 g/mol. The van der Waals surface area contributed by atoms with Gasteiger partial charge in [0.1, 0.15) is 6.54 Å². The van der Waals surface area contributed by atoms with Gasteiger partial charge < -0.3 is 5.32 Å². The standard InChI is InChI=1S/C11H12N/c1-3-4-9-12-11-7-5-10(2)6-8-11/h5-9,12H,1-2H3. The molecule has 0 unspecified atom stereocenters. The van der Waals surface area contributed by atoms with Crippen LogP contribution in [0.1, 0.15) is 12.5 Å². The Morgan fingerprint density at radius 3 is 2.50 bits per heavy atom. The minimum Gasteiger partial charge on any atom is -0.369 e. The molecular formula is C11H12N. The molecule has 1 nitrogen and oxygen atoms in total. The molecule has 1 radical (unpaired) electrons. The summed E-state index contributed by atoms with van der Waals surface area (Å²) in [6.07, 6.45) is 0. The summed E-state index contributed by atoms with van der Waals surface area (Å²) in [5.41, 5.74) is 2.34. The summed E-state index contributed by atoms with van der Waals surface area (Å²) in [5.74, 6) is 5.61. The lowest BCUT2D eigenvalue weighted by atomic mass is 10.2. The highest BCUT2D eigenvalue weighted by Gasteiger charge is 1.87. The molecule has 0 spiro atoms. The average Bonchev–Trinajstić information content (AvgIpc) is 2.09. The first-order valence-corrected chi connectivity index (χ1v) is 3.90. The van der Waals surface area contributed by atoms with Crippen molar-refractivity contribution in [3.63, 3.8) is 0 Å². The fraction of sp³-hybridized carbons (Fsp3) is 0.182. The second-order valence-corrected chi connectivity index (χ2v) is 2.55. The predicted octanol–water partition coefficient (Wildman–Crippen LogP) is 2.59. The fourth-order valence-electron chi connectivity index (χ4n) is 0.841. The van der Waals surface area contributed by atoms with Crippen LogP contribution in [0.5, 0.6) is 0 Å². The van der Waals surface area contributed by atoms with E-state index in [2.05, 4.69) is 36.2 Å². The zero-order valence-corrected chi connectivity index (χ0v) is 7.39. The Morgan fingerprint density at radius 2 is 1.92 bits per heavy atom.